The Kier molecular flexibility index (Phi) is 1.64. The molecule has 3 nitrogen and oxygen atoms in total. The van der Waals surface area contributed by atoms with Gasteiger partial charge >= 0.3 is 0 Å². The van der Waals surface area contributed by atoms with Crippen molar-refractivity contribution in [3.05, 3.63) is 18.5 Å². The Balaban J connectivity index is 2.83. The SMILES string of the molecule is ClNc1ncccn1. The number of nitrogens with one attached hydrogen (secondary N) is 1. The zero-order valence-corrected chi connectivity index (χ0v) is 4.76. The Bertz CT molecular complexity index is 153. The highest BCUT2D eigenvalue weighted by molar-refractivity contribution is 6.23. The molecule has 42 valence electrons. The monoisotopic (exact) mass is 129 g/mol. The molecule has 0 aliphatic rings. The first-order chi connectivity index (χ1) is 3.93. The summed E-state index contributed by atoms with van der Waals surface area (Å²) in [5, 5.41) is 0. The first-order valence-corrected chi connectivity index (χ1v) is 2.45. The molecule has 0 unspecified atom stereocenters. The second-order valence-corrected chi connectivity index (χ2v) is 1.36. The van der Waals surface area contributed by atoms with Gasteiger partial charge in [0.1, 0.15) is 0 Å². The summed E-state index contributed by atoms with van der Waals surface area (Å²) in [5.41, 5.74) is 0. The Morgan fingerprint density at radius 3 is 2.38 bits per heavy atom. The zero-order chi connectivity index (χ0) is 5.82. The largest absolute Gasteiger partial charge is 0.266 e. The van der Waals surface area contributed by atoms with Crippen molar-refractivity contribution in [3.63, 3.8) is 0 Å². The predicted molar refractivity (Wildman–Crippen MR) is 31.5 cm³/mol. The standard InChI is InChI=1S/C4H4ClN3/c5-8-4-6-2-1-3-7-4/h1-3H,(H,6,7,8). The first-order valence-electron chi connectivity index (χ1n) is 2.07. The summed E-state index contributed by atoms with van der Waals surface area (Å²) in [6.07, 6.45) is 3.22. The fourth-order valence-corrected chi connectivity index (χ4v) is 0.445. The van der Waals surface area contributed by atoms with Gasteiger partial charge in [0.05, 0.1) is 0 Å². The molecular weight excluding hydrogens is 126 g/mol. The van der Waals surface area contributed by atoms with E-state index in [2.05, 4.69) is 14.8 Å². The van der Waals surface area contributed by atoms with Crippen LogP contribution in [-0.2, 0) is 0 Å². The molecule has 8 heavy (non-hydrogen) atoms. The van der Waals surface area contributed by atoms with Gasteiger partial charge in [0, 0.05) is 24.2 Å². The molecule has 1 N–H and O–H groups in total. The van der Waals surface area contributed by atoms with E-state index in [9.17, 15) is 0 Å². The van der Waals surface area contributed by atoms with E-state index in [1.807, 2.05) is 0 Å². The second kappa shape index (κ2) is 2.47. The van der Waals surface area contributed by atoms with Crippen molar-refractivity contribution in [1.29, 1.82) is 0 Å². The summed E-state index contributed by atoms with van der Waals surface area (Å²) in [6.45, 7) is 0. The van der Waals surface area contributed by atoms with Gasteiger partial charge < -0.3 is 0 Å². The zero-order valence-electron chi connectivity index (χ0n) is 4.00. The maximum atomic E-state index is 5.15. The van der Waals surface area contributed by atoms with Gasteiger partial charge in [-0.05, 0) is 6.07 Å². The van der Waals surface area contributed by atoms with Crippen LogP contribution in [0.5, 0.6) is 0 Å². The smallest absolute Gasteiger partial charge is 0.237 e. The van der Waals surface area contributed by atoms with Gasteiger partial charge in [-0.3, -0.25) is 4.84 Å². The van der Waals surface area contributed by atoms with Gasteiger partial charge in [-0.25, -0.2) is 9.97 Å². The Morgan fingerprint density at radius 2 is 2.00 bits per heavy atom. The Morgan fingerprint density at radius 1 is 1.38 bits per heavy atom. The van der Waals surface area contributed by atoms with Gasteiger partial charge in [-0.1, -0.05) is 0 Å². The van der Waals surface area contributed by atoms with Crippen LogP contribution in [-0.4, -0.2) is 9.97 Å². The Labute approximate surface area is 51.8 Å². The lowest BCUT2D eigenvalue weighted by Crippen LogP contribution is -1.86. The number of hydrogen-bond acceptors (Lipinski definition) is 3. The number of halogens is 1. The fourth-order valence-electron chi connectivity index (χ4n) is 0.348. The third kappa shape index (κ3) is 1.07. The second-order valence-electron chi connectivity index (χ2n) is 1.17. The van der Waals surface area contributed by atoms with Crippen LogP contribution in [0.3, 0.4) is 0 Å². The molecular formula is C4H4ClN3. The minimum absolute atomic E-state index is 0.425. The van der Waals surface area contributed by atoms with Crippen molar-refractivity contribution in [2.24, 2.45) is 0 Å². The molecule has 1 rings (SSSR count). The van der Waals surface area contributed by atoms with E-state index in [1.54, 1.807) is 18.5 Å². The van der Waals surface area contributed by atoms with Crippen LogP contribution in [0.4, 0.5) is 5.95 Å². The highest BCUT2D eigenvalue weighted by atomic mass is 35.5. The van der Waals surface area contributed by atoms with Gasteiger partial charge in [0.25, 0.3) is 0 Å². The van der Waals surface area contributed by atoms with E-state index in [0.29, 0.717) is 5.95 Å². The van der Waals surface area contributed by atoms with E-state index in [0.717, 1.165) is 0 Å². The average molecular weight is 130 g/mol. The topological polar surface area (TPSA) is 37.8 Å². The molecule has 0 aliphatic carbocycles. The maximum Gasteiger partial charge on any atom is 0.237 e. The van der Waals surface area contributed by atoms with Crippen molar-refractivity contribution in [3.8, 4) is 0 Å². The molecule has 0 aromatic carbocycles. The lowest BCUT2D eigenvalue weighted by atomic mass is 10.7. The summed E-state index contributed by atoms with van der Waals surface area (Å²) in [4.78, 5) is 9.76. The van der Waals surface area contributed by atoms with E-state index in [1.165, 1.54) is 0 Å². The Hall–Kier alpha value is -0.830. The van der Waals surface area contributed by atoms with E-state index in [-0.39, 0.29) is 0 Å². The molecule has 0 spiro atoms. The van der Waals surface area contributed by atoms with E-state index in [4.69, 9.17) is 11.8 Å². The summed E-state index contributed by atoms with van der Waals surface area (Å²) in [7, 11) is 0. The lowest BCUT2D eigenvalue weighted by molar-refractivity contribution is 1.18. The summed E-state index contributed by atoms with van der Waals surface area (Å²) >= 11 is 5.15. The highest BCUT2D eigenvalue weighted by Crippen LogP contribution is 1.92. The molecule has 4 heteroatoms. The van der Waals surface area contributed by atoms with Crippen LogP contribution in [0.15, 0.2) is 18.5 Å². The first kappa shape index (κ1) is 5.31. The van der Waals surface area contributed by atoms with Gasteiger partial charge in [0.15, 0.2) is 0 Å². The molecule has 0 amide bonds. The normalized spacial score (nSPS) is 8.62. The van der Waals surface area contributed by atoms with Gasteiger partial charge in [-0.15, -0.1) is 0 Å². The van der Waals surface area contributed by atoms with Crippen molar-refractivity contribution in [2.75, 3.05) is 4.84 Å². The number of aromatic nitrogens is 2. The van der Waals surface area contributed by atoms with Gasteiger partial charge in [0.2, 0.25) is 5.95 Å². The predicted octanol–water partition coefficient (Wildman–Crippen LogP) is 1.04. The average Bonchev–Trinajstić information content (AvgIpc) is 1.90. The molecule has 0 radical (unpaired) electrons. The van der Waals surface area contributed by atoms with Crippen molar-refractivity contribution < 1.29 is 0 Å². The summed E-state index contributed by atoms with van der Waals surface area (Å²) < 4.78 is 0. The number of anilines is 1. The molecule has 0 saturated carbocycles. The van der Waals surface area contributed by atoms with Crippen molar-refractivity contribution in [2.45, 2.75) is 0 Å². The minimum Gasteiger partial charge on any atom is -0.266 e. The molecule has 0 atom stereocenters. The summed E-state index contributed by atoms with van der Waals surface area (Å²) in [5.74, 6) is 0.425. The van der Waals surface area contributed by atoms with Crippen LogP contribution < -0.4 is 4.84 Å². The lowest BCUT2D eigenvalue weighted by Gasteiger charge is -1.88. The van der Waals surface area contributed by atoms with Crippen molar-refractivity contribution in [1.82, 2.24) is 9.97 Å². The van der Waals surface area contributed by atoms with Crippen molar-refractivity contribution >= 4 is 17.7 Å². The van der Waals surface area contributed by atoms with Crippen LogP contribution in [0.1, 0.15) is 0 Å². The fraction of sp³-hybridized carbons (Fsp3) is 0. The maximum absolute atomic E-state index is 5.15. The number of hydrogen-bond donors (Lipinski definition) is 1. The molecule has 0 fully saturated rings. The third-order valence-electron chi connectivity index (χ3n) is 0.650. The van der Waals surface area contributed by atoms with Gasteiger partial charge in [-0.2, -0.15) is 0 Å². The van der Waals surface area contributed by atoms with E-state index < -0.39 is 0 Å². The minimum atomic E-state index is 0.425. The summed E-state index contributed by atoms with van der Waals surface area (Å²) in [6, 6.07) is 1.72. The molecule has 1 aromatic heterocycles. The van der Waals surface area contributed by atoms with Crippen LogP contribution in [0.2, 0.25) is 0 Å². The third-order valence-corrected chi connectivity index (χ3v) is 0.819. The van der Waals surface area contributed by atoms with Crippen LogP contribution in [0.25, 0.3) is 0 Å². The molecule has 1 heterocycles. The quantitative estimate of drug-likeness (QED) is 0.576. The molecule has 0 aliphatic heterocycles. The molecule has 0 saturated heterocycles. The van der Waals surface area contributed by atoms with Crippen LogP contribution >= 0.6 is 11.8 Å². The van der Waals surface area contributed by atoms with E-state index >= 15 is 0 Å². The van der Waals surface area contributed by atoms with Crippen LogP contribution in [0, 0.1) is 0 Å². The molecule has 0 bridgehead atoms. The number of nitrogens with zero attached hydrogens (tertiary/aromatic N) is 2. The molecule has 1 aromatic rings. The highest BCUT2D eigenvalue weighted by Gasteiger charge is 1.83. The number of rotatable bonds is 1.